The van der Waals surface area contributed by atoms with E-state index in [0.29, 0.717) is 0 Å². The molecule has 1 heterocycles. The highest BCUT2D eigenvalue weighted by Crippen LogP contribution is 2.01. The number of hydrogen-bond donors (Lipinski definition) is 0. The minimum absolute atomic E-state index is 1.29. The third-order valence-electron chi connectivity index (χ3n) is 1.39. The highest BCUT2D eigenvalue weighted by atomic mass is 32.1. The molecule has 11 heavy (non-hydrogen) atoms. The minimum Gasteiger partial charge on any atom is -0.149 e. The van der Waals surface area contributed by atoms with Crippen LogP contribution in [0.25, 0.3) is 0 Å². The Morgan fingerprint density at radius 2 is 1.73 bits per heavy atom. The molecule has 0 nitrogen and oxygen atoms in total. The molecule has 0 saturated carbocycles. The van der Waals surface area contributed by atoms with E-state index < -0.39 is 0 Å². The van der Waals surface area contributed by atoms with Crippen molar-refractivity contribution >= 4 is 11.3 Å². The molecule has 0 amide bonds. The van der Waals surface area contributed by atoms with E-state index in [9.17, 15) is 0 Å². The Morgan fingerprint density at radius 3 is 2.55 bits per heavy atom. The predicted octanol–water partition coefficient (Wildman–Crippen LogP) is 3.49. The van der Waals surface area contributed by atoms with Gasteiger partial charge in [0.25, 0.3) is 0 Å². The molecule has 0 aliphatic heterocycles. The van der Waals surface area contributed by atoms with Gasteiger partial charge in [-0.05, 0) is 31.4 Å². The summed E-state index contributed by atoms with van der Waals surface area (Å²) in [5.74, 6) is 0. The summed E-state index contributed by atoms with van der Waals surface area (Å²) in [6.07, 6.45) is 0. The molecule has 1 aromatic heterocycles. The Labute approximate surface area is 71.8 Å². The summed E-state index contributed by atoms with van der Waals surface area (Å²) >= 11 is 1.76. The average molecular weight is 164 g/mol. The van der Waals surface area contributed by atoms with Crippen LogP contribution in [0.4, 0.5) is 0 Å². The van der Waals surface area contributed by atoms with Crippen molar-refractivity contribution in [1.82, 2.24) is 0 Å². The molecule has 0 bridgehead atoms. The molecule has 0 spiro atoms. The molecule has 0 aliphatic carbocycles. The van der Waals surface area contributed by atoms with Crippen LogP contribution in [0.3, 0.4) is 0 Å². The molecular weight excluding hydrogens is 152 g/mol. The van der Waals surface area contributed by atoms with Crippen molar-refractivity contribution in [3.05, 3.63) is 46.2 Å². The molecule has 0 N–H and O–H groups in total. The van der Waals surface area contributed by atoms with Crippen LogP contribution in [0.5, 0.6) is 0 Å². The van der Waals surface area contributed by atoms with E-state index in [0.717, 1.165) is 0 Å². The molecule has 0 atom stereocenters. The lowest BCUT2D eigenvalue weighted by atomic mass is 10.3. The topological polar surface area (TPSA) is 0 Å². The minimum atomic E-state index is 1.29. The Morgan fingerprint density at radius 1 is 1.00 bits per heavy atom. The molecule has 1 rings (SSSR count). The van der Waals surface area contributed by atoms with Crippen molar-refractivity contribution in [3.8, 4) is 0 Å². The largest absolute Gasteiger partial charge is 0.149 e. The molecule has 58 valence electrons. The van der Waals surface area contributed by atoms with Crippen molar-refractivity contribution in [2.75, 3.05) is 0 Å². The Kier molecular flexibility index (Phi) is 3.12. The molecule has 0 saturated heterocycles. The normalized spacial score (nSPS) is 8.91. The van der Waals surface area contributed by atoms with Crippen LogP contribution in [0.15, 0.2) is 35.7 Å². The second-order valence-electron chi connectivity index (χ2n) is 2.49. The van der Waals surface area contributed by atoms with Gasteiger partial charge in [-0.1, -0.05) is 23.8 Å². The van der Waals surface area contributed by atoms with Gasteiger partial charge in [0.05, 0.1) is 0 Å². The summed E-state index contributed by atoms with van der Waals surface area (Å²) in [6.45, 7) is 4.21. The van der Waals surface area contributed by atoms with Crippen LogP contribution >= 0.6 is 11.3 Å². The first-order valence-electron chi connectivity index (χ1n) is 3.64. The smallest absolute Gasteiger partial charge is 0.00139 e. The van der Waals surface area contributed by atoms with Crippen molar-refractivity contribution in [2.24, 2.45) is 0 Å². The number of rotatable bonds is 0. The van der Waals surface area contributed by atoms with Crippen LogP contribution in [0.1, 0.15) is 10.4 Å². The monoisotopic (exact) mass is 164 g/mol. The Hall–Kier alpha value is -0.820. The van der Waals surface area contributed by atoms with Gasteiger partial charge in [-0.3, -0.25) is 0 Å². The molecule has 0 fully saturated rings. The van der Waals surface area contributed by atoms with Gasteiger partial charge >= 0.3 is 0 Å². The van der Waals surface area contributed by atoms with E-state index in [-0.39, 0.29) is 0 Å². The van der Waals surface area contributed by atoms with Crippen LogP contribution in [0, 0.1) is 13.8 Å². The van der Waals surface area contributed by atoms with Crippen LogP contribution in [-0.4, -0.2) is 0 Å². The molecule has 1 heteroatoms. The fraction of sp³-hybridized carbons (Fsp3) is 0.200. The maximum absolute atomic E-state index is 2.12. The molecule has 0 radical (unpaired) electrons. The molecule has 0 unspecified atom stereocenters. The summed E-state index contributed by atoms with van der Waals surface area (Å²) < 4.78 is 0. The zero-order chi connectivity index (χ0) is 8.10. The van der Waals surface area contributed by atoms with Gasteiger partial charge in [0.15, 0.2) is 0 Å². The third kappa shape index (κ3) is 3.19. The second kappa shape index (κ2) is 4.14. The lowest BCUT2D eigenvalue weighted by Crippen LogP contribution is -1.57. The highest BCUT2D eigenvalue weighted by Gasteiger charge is 1.75. The van der Waals surface area contributed by atoms with Crippen LogP contribution in [-0.2, 0) is 0 Å². The Balaban J connectivity index is 3.21. The molecular formula is C10H12S. The summed E-state index contributed by atoms with van der Waals surface area (Å²) in [7, 11) is 0. The zero-order valence-corrected chi connectivity index (χ0v) is 7.69. The van der Waals surface area contributed by atoms with Crippen molar-refractivity contribution < 1.29 is 0 Å². The fourth-order valence-electron chi connectivity index (χ4n) is 0.742. The van der Waals surface area contributed by atoms with Gasteiger partial charge in [0.1, 0.15) is 0 Å². The zero-order valence-electron chi connectivity index (χ0n) is 6.87. The molecule has 1 aromatic rings. The van der Waals surface area contributed by atoms with Gasteiger partial charge in [0.2, 0.25) is 0 Å². The fourth-order valence-corrected chi connectivity index (χ4v) is 1.40. The van der Waals surface area contributed by atoms with E-state index in [1.54, 1.807) is 11.3 Å². The molecule has 0 aromatic carbocycles. The van der Waals surface area contributed by atoms with E-state index in [1.165, 1.54) is 10.4 Å². The van der Waals surface area contributed by atoms with Gasteiger partial charge in [-0.25, -0.2) is 0 Å². The van der Waals surface area contributed by atoms with Crippen LogP contribution in [0.2, 0.25) is 0 Å². The average Bonchev–Trinajstić information content (AvgIpc) is 2.04. The van der Waals surface area contributed by atoms with E-state index in [1.807, 2.05) is 0 Å². The maximum Gasteiger partial charge on any atom is 0.00139 e. The summed E-state index contributed by atoms with van der Waals surface area (Å²) in [6, 6.07) is 10.5. The lowest BCUT2D eigenvalue weighted by molar-refractivity contribution is 1.51. The van der Waals surface area contributed by atoms with E-state index in [2.05, 4.69) is 49.6 Å². The second-order valence-corrected chi connectivity index (χ2v) is 3.65. The van der Waals surface area contributed by atoms with Crippen LogP contribution < -0.4 is 0 Å². The first-order chi connectivity index (χ1) is 5.29. The Bertz CT molecular complexity index is 245. The van der Waals surface area contributed by atoms with Gasteiger partial charge < -0.3 is 0 Å². The first kappa shape index (κ1) is 8.28. The standard InChI is InChI=1S/C10H12S/c1-9-5-3-4-6-10(2)11-8-7-9/h3-8H,1-2H3. The van der Waals surface area contributed by atoms with Gasteiger partial charge in [0, 0.05) is 4.88 Å². The first-order valence-corrected chi connectivity index (χ1v) is 4.52. The van der Waals surface area contributed by atoms with E-state index >= 15 is 0 Å². The SMILES string of the molecule is Cc1ccccc(C)scc1. The lowest BCUT2D eigenvalue weighted by Gasteiger charge is -1.78. The van der Waals surface area contributed by atoms with Gasteiger partial charge in [-0.15, -0.1) is 11.3 Å². The third-order valence-corrected chi connectivity index (χ3v) is 2.17. The van der Waals surface area contributed by atoms with E-state index in [4.69, 9.17) is 0 Å². The predicted molar refractivity (Wildman–Crippen MR) is 51.4 cm³/mol. The van der Waals surface area contributed by atoms with Gasteiger partial charge in [-0.2, -0.15) is 0 Å². The van der Waals surface area contributed by atoms with Crippen molar-refractivity contribution in [3.63, 3.8) is 0 Å². The quantitative estimate of drug-likeness (QED) is 0.550. The summed E-state index contributed by atoms with van der Waals surface area (Å²) in [5.41, 5.74) is 1.29. The highest BCUT2D eigenvalue weighted by molar-refractivity contribution is 7.09. The van der Waals surface area contributed by atoms with Crippen molar-refractivity contribution in [1.29, 1.82) is 0 Å². The molecule has 0 aliphatic rings. The number of hydrogen-bond acceptors (Lipinski definition) is 1. The summed E-state index contributed by atoms with van der Waals surface area (Å²) in [5, 5.41) is 2.12. The number of aryl methyl sites for hydroxylation is 2. The summed E-state index contributed by atoms with van der Waals surface area (Å²) in [4.78, 5) is 1.32. The maximum atomic E-state index is 2.12. The van der Waals surface area contributed by atoms with Crippen molar-refractivity contribution in [2.45, 2.75) is 13.8 Å².